The molecule has 1 amide bonds. The van der Waals surface area contributed by atoms with Crippen molar-refractivity contribution in [3.05, 3.63) is 0 Å². The van der Waals surface area contributed by atoms with E-state index < -0.39 is 5.60 Å². The van der Waals surface area contributed by atoms with Crippen LogP contribution in [0.1, 0.15) is 91.4 Å². The second-order valence-electron chi connectivity index (χ2n) is 9.45. The van der Waals surface area contributed by atoms with Crippen LogP contribution in [0.25, 0.3) is 0 Å². The number of amides is 1. The predicted octanol–water partition coefficient (Wildman–Crippen LogP) is 5.09. The number of hydrogen-bond donors (Lipinski definition) is 0. The Balaban J connectivity index is 1.50. The molecule has 4 nitrogen and oxygen atoms in total. The first-order valence-electron chi connectivity index (χ1n) is 10.4. The van der Waals surface area contributed by atoms with Crippen LogP contribution in [0, 0.1) is 11.8 Å². The third kappa shape index (κ3) is 4.77. The standard InChI is InChI=1S/C21H35NO3/c1-21(2,3)25-20(24)22-17-10-11-18(22)14-16(13-17)19(23)12-9-15-7-5-4-6-8-15/h15-18H,4-14H2,1-3H3. The zero-order valence-electron chi connectivity index (χ0n) is 16.3. The summed E-state index contributed by atoms with van der Waals surface area (Å²) in [6.07, 6.45) is 12.1. The maximum Gasteiger partial charge on any atom is 0.410 e. The number of carbonyl (C=O) groups excluding carboxylic acids is 2. The third-order valence-corrected chi connectivity index (χ3v) is 6.32. The fourth-order valence-corrected chi connectivity index (χ4v) is 5.08. The van der Waals surface area contributed by atoms with Crippen molar-refractivity contribution in [2.24, 2.45) is 11.8 Å². The summed E-state index contributed by atoms with van der Waals surface area (Å²) in [6, 6.07) is 0.412. The Labute approximate surface area is 152 Å². The highest BCUT2D eigenvalue weighted by molar-refractivity contribution is 5.81. The van der Waals surface area contributed by atoms with Crippen LogP contribution in [-0.2, 0) is 9.53 Å². The van der Waals surface area contributed by atoms with E-state index in [4.69, 9.17) is 4.74 Å². The van der Waals surface area contributed by atoms with Gasteiger partial charge in [0.15, 0.2) is 0 Å². The summed E-state index contributed by atoms with van der Waals surface area (Å²) in [4.78, 5) is 27.2. The minimum absolute atomic E-state index is 0.166. The normalized spacial score (nSPS) is 30.4. The summed E-state index contributed by atoms with van der Waals surface area (Å²) in [5.41, 5.74) is -0.455. The molecular formula is C21H35NO3. The topological polar surface area (TPSA) is 46.6 Å². The Hall–Kier alpha value is -1.06. The lowest BCUT2D eigenvalue weighted by atomic mass is 9.82. The summed E-state index contributed by atoms with van der Waals surface area (Å²) in [7, 11) is 0. The Bertz CT molecular complexity index is 476. The fraction of sp³-hybridized carbons (Fsp3) is 0.905. The number of hydrogen-bond acceptors (Lipinski definition) is 3. The van der Waals surface area contributed by atoms with Crippen LogP contribution < -0.4 is 0 Å². The molecule has 0 radical (unpaired) electrons. The first-order valence-corrected chi connectivity index (χ1v) is 10.4. The van der Waals surface area contributed by atoms with Gasteiger partial charge in [-0.1, -0.05) is 32.1 Å². The van der Waals surface area contributed by atoms with Gasteiger partial charge < -0.3 is 9.64 Å². The first kappa shape index (κ1) is 18.7. The van der Waals surface area contributed by atoms with Gasteiger partial charge >= 0.3 is 6.09 Å². The lowest BCUT2D eigenvalue weighted by molar-refractivity contribution is -0.125. The number of nitrogens with zero attached hydrogens (tertiary/aromatic N) is 1. The minimum atomic E-state index is -0.455. The lowest BCUT2D eigenvalue weighted by Gasteiger charge is -2.39. The number of ether oxygens (including phenoxy) is 1. The second-order valence-corrected chi connectivity index (χ2v) is 9.45. The highest BCUT2D eigenvalue weighted by Crippen LogP contribution is 2.40. The summed E-state index contributed by atoms with van der Waals surface area (Å²) in [5, 5.41) is 0. The molecule has 2 bridgehead atoms. The Kier molecular flexibility index (Phi) is 5.75. The molecule has 2 heterocycles. The SMILES string of the molecule is CC(C)(C)OC(=O)N1C2CCC1CC(C(=O)CCC1CCCCC1)C2. The summed E-state index contributed by atoms with van der Waals surface area (Å²) in [5.74, 6) is 1.39. The van der Waals surface area contributed by atoms with Crippen LogP contribution in [0.15, 0.2) is 0 Å². The summed E-state index contributed by atoms with van der Waals surface area (Å²) in [6.45, 7) is 5.73. The molecule has 2 saturated heterocycles. The van der Waals surface area contributed by atoms with Gasteiger partial charge in [-0.25, -0.2) is 4.79 Å². The molecule has 0 aromatic heterocycles. The van der Waals surface area contributed by atoms with Crippen molar-refractivity contribution in [2.75, 3.05) is 0 Å². The fourth-order valence-electron chi connectivity index (χ4n) is 5.08. The van der Waals surface area contributed by atoms with E-state index in [2.05, 4.69) is 0 Å². The van der Waals surface area contributed by atoms with E-state index in [0.717, 1.165) is 44.4 Å². The Morgan fingerprint density at radius 3 is 2.12 bits per heavy atom. The molecule has 0 aromatic carbocycles. The zero-order valence-corrected chi connectivity index (χ0v) is 16.3. The summed E-state index contributed by atoms with van der Waals surface area (Å²) < 4.78 is 5.58. The average molecular weight is 350 g/mol. The highest BCUT2D eigenvalue weighted by Gasteiger charge is 2.46. The molecule has 3 aliphatic rings. The molecule has 1 aliphatic carbocycles. The predicted molar refractivity (Wildman–Crippen MR) is 98.4 cm³/mol. The molecule has 4 heteroatoms. The van der Waals surface area contributed by atoms with Gasteiger partial charge in [0.1, 0.15) is 11.4 Å². The van der Waals surface area contributed by atoms with E-state index >= 15 is 0 Å². The number of Topliss-reactive ketones (excluding diaryl/α,β-unsaturated/α-hetero) is 1. The van der Waals surface area contributed by atoms with Gasteiger partial charge in [0.05, 0.1) is 0 Å². The zero-order chi connectivity index (χ0) is 18.0. The van der Waals surface area contributed by atoms with Crippen molar-refractivity contribution in [3.63, 3.8) is 0 Å². The van der Waals surface area contributed by atoms with Crippen molar-refractivity contribution in [1.29, 1.82) is 0 Å². The molecule has 2 atom stereocenters. The van der Waals surface area contributed by atoms with Crippen LogP contribution in [0.4, 0.5) is 4.79 Å². The van der Waals surface area contributed by atoms with Gasteiger partial charge in [-0.3, -0.25) is 4.79 Å². The maximum atomic E-state index is 12.7. The van der Waals surface area contributed by atoms with E-state index in [-0.39, 0.29) is 24.1 Å². The number of carbonyl (C=O) groups is 2. The maximum absolute atomic E-state index is 12.7. The molecule has 3 rings (SSSR count). The number of ketones is 1. The summed E-state index contributed by atoms with van der Waals surface area (Å²) >= 11 is 0. The van der Waals surface area contributed by atoms with E-state index in [1.807, 2.05) is 25.7 Å². The van der Waals surface area contributed by atoms with E-state index in [1.54, 1.807) is 0 Å². The highest BCUT2D eigenvalue weighted by atomic mass is 16.6. The first-order chi connectivity index (χ1) is 11.8. The molecule has 2 aliphatic heterocycles. The average Bonchev–Trinajstić information content (AvgIpc) is 2.82. The monoisotopic (exact) mass is 349 g/mol. The van der Waals surface area contributed by atoms with Crippen molar-refractivity contribution in [1.82, 2.24) is 4.90 Å². The Morgan fingerprint density at radius 2 is 1.56 bits per heavy atom. The lowest BCUT2D eigenvalue weighted by Crippen LogP contribution is -2.49. The molecular weight excluding hydrogens is 314 g/mol. The third-order valence-electron chi connectivity index (χ3n) is 6.32. The van der Waals surface area contributed by atoms with Gasteiger partial charge in [-0.15, -0.1) is 0 Å². The second kappa shape index (κ2) is 7.67. The van der Waals surface area contributed by atoms with E-state index in [9.17, 15) is 9.59 Å². The molecule has 2 unspecified atom stereocenters. The van der Waals surface area contributed by atoms with Gasteiger partial charge in [0.25, 0.3) is 0 Å². The molecule has 0 aromatic rings. The van der Waals surface area contributed by atoms with Crippen molar-refractivity contribution in [3.8, 4) is 0 Å². The van der Waals surface area contributed by atoms with Crippen LogP contribution >= 0.6 is 0 Å². The van der Waals surface area contributed by atoms with Crippen molar-refractivity contribution >= 4 is 11.9 Å². The number of rotatable bonds is 4. The largest absolute Gasteiger partial charge is 0.444 e. The number of fused-ring (bicyclic) bond motifs is 2. The molecule has 0 N–H and O–H groups in total. The van der Waals surface area contributed by atoms with Crippen LogP contribution in [-0.4, -0.2) is 34.5 Å². The smallest absolute Gasteiger partial charge is 0.410 e. The van der Waals surface area contributed by atoms with Gasteiger partial charge in [-0.05, 0) is 58.8 Å². The van der Waals surface area contributed by atoms with Gasteiger partial charge in [0, 0.05) is 24.4 Å². The minimum Gasteiger partial charge on any atom is -0.444 e. The van der Waals surface area contributed by atoms with E-state index in [1.165, 1.54) is 32.1 Å². The molecule has 0 spiro atoms. The van der Waals surface area contributed by atoms with E-state index in [0.29, 0.717) is 5.78 Å². The number of piperidine rings is 1. The van der Waals surface area contributed by atoms with Crippen LogP contribution in [0.5, 0.6) is 0 Å². The van der Waals surface area contributed by atoms with Crippen LogP contribution in [0.2, 0.25) is 0 Å². The van der Waals surface area contributed by atoms with Crippen molar-refractivity contribution in [2.45, 2.75) is 109 Å². The molecule has 1 saturated carbocycles. The van der Waals surface area contributed by atoms with Crippen molar-refractivity contribution < 1.29 is 14.3 Å². The molecule has 25 heavy (non-hydrogen) atoms. The van der Waals surface area contributed by atoms with Gasteiger partial charge in [0.2, 0.25) is 0 Å². The molecule has 3 fully saturated rings. The quantitative estimate of drug-likeness (QED) is 0.710. The molecule has 142 valence electrons. The van der Waals surface area contributed by atoms with Crippen LogP contribution in [0.3, 0.4) is 0 Å². The van der Waals surface area contributed by atoms with Gasteiger partial charge in [-0.2, -0.15) is 0 Å². The Morgan fingerprint density at radius 1 is 0.960 bits per heavy atom.